The highest BCUT2D eigenvalue weighted by molar-refractivity contribution is 5.25. The molecule has 0 saturated carbocycles. The second kappa shape index (κ2) is 3.90. The fraction of sp³-hybridized carbons (Fsp3) is 0.400. The van der Waals surface area contributed by atoms with Crippen molar-refractivity contribution < 1.29 is 10.2 Å². The van der Waals surface area contributed by atoms with Crippen LogP contribution in [0.1, 0.15) is 26.3 Å². The zero-order chi connectivity index (χ0) is 9.84. The highest BCUT2D eigenvalue weighted by Crippen LogP contribution is 2.27. The maximum Gasteiger partial charge on any atom is 0.194 e. The van der Waals surface area contributed by atoms with Crippen LogP contribution in [0.2, 0.25) is 0 Å². The van der Waals surface area contributed by atoms with Gasteiger partial charge >= 0.3 is 0 Å². The molecule has 70 valence electrons. The smallest absolute Gasteiger partial charge is 0.194 e. The van der Waals surface area contributed by atoms with Gasteiger partial charge in [-0.25, -0.2) is 0 Å². The third-order valence-corrected chi connectivity index (χ3v) is 1.89. The van der Waals surface area contributed by atoms with E-state index in [9.17, 15) is 10.2 Å². The first-order valence-corrected chi connectivity index (χ1v) is 4.15. The van der Waals surface area contributed by atoms with Gasteiger partial charge in [-0.1, -0.05) is 0 Å². The zero-order valence-corrected chi connectivity index (χ0v) is 7.78. The predicted molar refractivity (Wildman–Crippen MR) is 50.5 cm³/mol. The van der Waals surface area contributed by atoms with Crippen LogP contribution in [0, 0.1) is 11.8 Å². The van der Waals surface area contributed by atoms with E-state index in [1.807, 2.05) is 6.92 Å². The Morgan fingerprint density at radius 3 is 2.38 bits per heavy atom. The standard InChI is InChI=1S/C10H13NO2/c1-3-4-5-8(2)11-9(12)6-7-10(11)13/h6-8,12-13H,5H2,1-2H3. The molecule has 0 aromatic carbocycles. The number of aromatic nitrogens is 1. The maximum absolute atomic E-state index is 9.36. The van der Waals surface area contributed by atoms with E-state index in [4.69, 9.17) is 0 Å². The number of hydrogen-bond donors (Lipinski definition) is 2. The van der Waals surface area contributed by atoms with Gasteiger partial charge in [0.25, 0.3) is 0 Å². The van der Waals surface area contributed by atoms with E-state index in [0.29, 0.717) is 6.42 Å². The van der Waals surface area contributed by atoms with E-state index < -0.39 is 0 Å². The Balaban J connectivity index is 2.85. The lowest BCUT2D eigenvalue weighted by Gasteiger charge is -2.12. The summed E-state index contributed by atoms with van der Waals surface area (Å²) in [4.78, 5) is 0. The third kappa shape index (κ3) is 1.97. The Labute approximate surface area is 77.6 Å². The maximum atomic E-state index is 9.36. The minimum Gasteiger partial charge on any atom is -0.494 e. The van der Waals surface area contributed by atoms with Gasteiger partial charge in [-0.05, 0) is 13.8 Å². The van der Waals surface area contributed by atoms with E-state index in [-0.39, 0.29) is 17.8 Å². The summed E-state index contributed by atoms with van der Waals surface area (Å²) >= 11 is 0. The van der Waals surface area contributed by atoms with Crippen LogP contribution in [-0.4, -0.2) is 14.8 Å². The summed E-state index contributed by atoms with van der Waals surface area (Å²) in [5, 5.41) is 18.7. The highest BCUT2D eigenvalue weighted by atomic mass is 16.3. The quantitative estimate of drug-likeness (QED) is 0.681. The first-order valence-electron chi connectivity index (χ1n) is 4.15. The van der Waals surface area contributed by atoms with Crippen molar-refractivity contribution in [1.29, 1.82) is 0 Å². The van der Waals surface area contributed by atoms with Gasteiger partial charge in [0.05, 0.1) is 0 Å². The molecular formula is C10H13NO2. The number of rotatable bonds is 2. The van der Waals surface area contributed by atoms with Gasteiger partial charge in [-0.15, -0.1) is 11.8 Å². The molecule has 3 nitrogen and oxygen atoms in total. The molecule has 1 aromatic heterocycles. The normalized spacial score (nSPS) is 11.8. The molecule has 13 heavy (non-hydrogen) atoms. The molecule has 0 amide bonds. The fourth-order valence-electron chi connectivity index (χ4n) is 1.22. The van der Waals surface area contributed by atoms with Crippen LogP contribution in [0.15, 0.2) is 12.1 Å². The van der Waals surface area contributed by atoms with Crippen molar-refractivity contribution in [2.75, 3.05) is 0 Å². The van der Waals surface area contributed by atoms with Crippen molar-refractivity contribution in [1.82, 2.24) is 4.57 Å². The summed E-state index contributed by atoms with van der Waals surface area (Å²) in [7, 11) is 0. The lowest BCUT2D eigenvalue weighted by Crippen LogP contribution is -2.02. The summed E-state index contributed by atoms with van der Waals surface area (Å²) in [5.74, 6) is 5.81. The van der Waals surface area contributed by atoms with E-state index in [1.54, 1.807) is 6.92 Å². The van der Waals surface area contributed by atoms with E-state index in [0.717, 1.165) is 0 Å². The molecule has 2 N–H and O–H groups in total. The van der Waals surface area contributed by atoms with Gasteiger partial charge in [0.15, 0.2) is 11.8 Å². The molecule has 0 radical (unpaired) electrons. The predicted octanol–water partition coefficient (Wildman–Crippen LogP) is 1.87. The summed E-state index contributed by atoms with van der Waals surface area (Å²) in [6, 6.07) is 2.92. The van der Waals surface area contributed by atoms with Crippen molar-refractivity contribution in [3.05, 3.63) is 12.1 Å². The lowest BCUT2D eigenvalue weighted by atomic mass is 10.2. The Hall–Kier alpha value is -1.56. The summed E-state index contributed by atoms with van der Waals surface area (Å²) in [6.45, 7) is 3.66. The molecule has 1 rings (SSSR count). The number of hydrogen-bond acceptors (Lipinski definition) is 2. The van der Waals surface area contributed by atoms with Crippen molar-refractivity contribution >= 4 is 0 Å². The van der Waals surface area contributed by atoms with Crippen LogP contribution in [0.3, 0.4) is 0 Å². The largest absolute Gasteiger partial charge is 0.494 e. The molecule has 3 heteroatoms. The molecule has 0 aliphatic heterocycles. The van der Waals surface area contributed by atoms with Crippen LogP contribution >= 0.6 is 0 Å². The number of nitrogens with zero attached hydrogens (tertiary/aromatic N) is 1. The van der Waals surface area contributed by atoms with Crippen molar-refractivity contribution in [2.45, 2.75) is 26.3 Å². The minimum atomic E-state index is -0.0116. The second-order valence-corrected chi connectivity index (χ2v) is 2.90. The molecule has 1 atom stereocenters. The summed E-state index contributed by atoms with van der Waals surface area (Å²) < 4.78 is 1.45. The molecule has 0 aliphatic rings. The van der Waals surface area contributed by atoms with Gasteiger partial charge < -0.3 is 10.2 Å². The van der Waals surface area contributed by atoms with Crippen LogP contribution in [0.5, 0.6) is 11.8 Å². The second-order valence-electron chi connectivity index (χ2n) is 2.90. The van der Waals surface area contributed by atoms with Crippen molar-refractivity contribution in [2.24, 2.45) is 0 Å². The molecule has 0 bridgehead atoms. The monoisotopic (exact) mass is 179 g/mol. The average molecular weight is 179 g/mol. The van der Waals surface area contributed by atoms with Gasteiger partial charge in [-0.3, -0.25) is 4.57 Å². The average Bonchev–Trinajstić information content (AvgIpc) is 2.42. The molecular weight excluding hydrogens is 166 g/mol. The molecule has 0 aliphatic carbocycles. The van der Waals surface area contributed by atoms with Crippen LogP contribution in [-0.2, 0) is 0 Å². The molecule has 1 heterocycles. The van der Waals surface area contributed by atoms with Gasteiger partial charge in [0.1, 0.15) is 0 Å². The lowest BCUT2D eigenvalue weighted by molar-refractivity contribution is 0.343. The molecule has 0 saturated heterocycles. The minimum absolute atomic E-state index is 0.0116. The topological polar surface area (TPSA) is 45.4 Å². The third-order valence-electron chi connectivity index (χ3n) is 1.89. The molecule has 0 spiro atoms. The SMILES string of the molecule is CC#CCC(C)n1c(O)ccc1O. The molecule has 0 fully saturated rings. The van der Waals surface area contributed by atoms with Gasteiger partial charge in [0.2, 0.25) is 0 Å². The zero-order valence-electron chi connectivity index (χ0n) is 7.78. The summed E-state index contributed by atoms with van der Waals surface area (Å²) in [5.41, 5.74) is 0. The van der Waals surface area contributed by atoms with Gasteiger partial charge in [-0.2, -0.15) is 0 Å². The Morgan fingerprint density at radius 1 is 1.38 bits per heavy atom. The Bertz CT molecular complexity index is 324. The van der Waals surface area contributed by atoms with E-state index >= 15 is 0 Å². The Morgan fingerprint density at radius 2 is 1.92 bits per heavy atom. The van der Waals surface area contributed by atoms with Crippen LogP contribution in [0.25, 0.3) is 0 Å². The molecule has 1 unspecified atom stereocenters. The van der Waals surface area contributed by atoms with Gasteiger partial charge in [0, 0.05) is 24.6 Å². The van der Waals surface area contributed by atoms with Crippen LogP contribution in [0.4, 0.5) is 0 Å². The molecule has 1 aromatic rings. The first kappa shape index (κ1) is 9.53. The fourth-order valence-corrected chi connectivity index (χ4v) is 1.22. The van der Waals surface area contributed by atoms with Crippen molar-refractivity contribution in [3.63, 3.8) is 0 Å². The van der Waals surface area contributed by atoms with E-state index in [1.165, 1.54) is 16.7 Å². The van der Waals surface area contributed by atoms with Crippen molar-refractivity contribution in [3.8, 4) is 23.6 Å². The van der Waals surface area contributed by atoms with E-state index in [2.05, 4.69) is 11.8 Å². The first-order chi connectivity index (χ1) is 6.16. The Kier molecular flexibility index (Phi) is 2.86. The highest BCUT2D eigenvalue weighted by Gasteiger charge is 2.11. The van der Waals surface area contributed by atoms with Crippen LogP contribution < -0.4 is 0 Å². The summed E-state index contributed by atoms with van der Waals surface area (Å²) in [6.07, 6.45) is 0.617. The number of aromatic hydroxyl groups is 2.